The number of nitrogens with zero attached hydrogens (tertiary/aromatic N) is 3. The fourth-order valence-corrected chi connectivity index (χ4v) is 5.90. The second-order valence-electron chi connectivity index (χ2n) is 9.96. The van der Waals surface area contributed by atoms with Crippen LogP contribution in [0.1, 0.15) is 53.7 Å². The van der Waals surface area contributed by atoms with Crippen molar-refractivity contribution in [3.8, 4) is 0 Å². The van der Waals surface area contributed by atoms with Gasteiger partial charge in [-0.05, 0) is 42.2 Å². The minimum Gasteiger partial charge on any atom is -0.351 e. The molecule has 1 fully saturated rings. The molecule has 2 aromatic carbocycles. The van der Waals surface area contributed by atoms with Gasteiger partial charge >= 0.3 is 0 Å². The molecular formula is C30H30N4O2. The third-order valence-corrected chi connectivity index (χ3v) is 7.75. The van der Waals surface area contributed by atoms with Crippen molar-refractivity contribution in [2.24, 2.45) is 0 Å². The van der Waals surface area contributed by atoms with Gasteiger partial charge < -0.3 is 14.8 Å². The standard InChI is InChI=1S/C30H30N4O2/c35-28-27-18-23-11-7-8-16-26(23)33(27)21-30(24-12-3-1-4-13-24,29(36)32-25-14-5-2-6-15-25)34(28)20-22-10-9-17-31-19-22/h1,3-4,7-13,16-19,25H,2,5-6,14-15,20-21H2,(H,32,36). The van der Waals surface area contributed by atoms with Gasteiger partial charge in [0.1, 0.15) is 5.69 Å². The molecule has 4 aromatic rings. The lowest BCUT2D eigenvalue weighted by Gasteiger charge is -2.47. The monoisotopic (exact) mass is 478 g/mol. The zero-order valence-corrected chi connectivity index (χ0v) is 20.3. The SMILES string of the molecule is O=C1c2cc3ccccc3n2CC(C(=O)NC2CCCCC2)(c2ccccc2)N1Cc1cccnc1. The summed E-state index contributed by atoms with van der Waals surface area (Å²) in [7, 11) is 0. The number of aromatic nitrogens is 2. The van der Waals surface area contributed by atoms with Crippen molar-refractivity contribution in [1.29, 1.82) is 0 Å². The summed E-state index contributed by atoms with van der Waals surface area (Å²) in [6.07, 6.45) is 8.89. The fraction of sp³-hybridized carbons (Fsp3) is 0.300. The minimum atomic E-state index is -1.19. The van der Waals surface area contributed by atoms with E-state index in [1.165, 1.54) is 6.42 Å². The molecule has 6 nitrogen and oxygen atoms in total. The number of rotatable bonds is 5. The number of para-hydroxylation sites is 1. The first-order chi connectivity index (χ1) is 17.7. The molecule has 2 aliphatic rings. The summed E-state index contributed by atoms with van der Waals surface area (Å²) >= 11 is 0. The van der Waals surface area contributed by atoms with Crippen LogP contribution in [0, 0.1) is 0 Å². The van der Waals surface area contributed by atoms with Crippen LogP contribution in [0.25, 0.3) is 10.9 Å². The highest BCUT2D eigenvalue weighted by Gasteiger charge is 2.52. The van der Waals surface area contributed by atoms with E-state index in [1.54, 1.807) is 17.3 Å². The molecule has 1 unspecified atom stereocenters. The van der Waals surface area contributed by atoms with Crippen LogP contribution in [0.4, 0.5) is 0 Å². The number of nitrogens with one attached hydrogen (secondary N) is 1. The summed E-state index contributed by atoms with van der Waals surface area (Å²) in [5, 5.41) is 4.37. The van der Waals surface area contributed by atoms with Crippen LogP contribution < -0.4 is 5.32 Å². The average Bonchev–Trinajstić information content (AvgIpc) is 3.30. The Labute approximate surface area is 211 Å². The first kappa shape index (κ1) is 22.5. The average molecular weight is 479 g/mol. The van der Waals surface area contributed by atoms with Crippen LogP contribution >= 0.6 is 0 Å². The third kappa shape index (κ3) is 3.77. The molecule has 2 aromatic heterocycles. The minimum absolute atomic E-state index is 0.110. The summed E-state index contributed by atoms with van der Waals surface area (Å²) in [6.45, 7) is 0.644. The maximum atomic E-state index is 14.5. The molecule has 1 N–H and O–H groups in total. The molecule has 0 saturated heterocycles. The van der Waals surface area contributed by atoms with Crippen LogP contribution in [0.3, 0.4) is 0 Å². The van der Waals surface area contributed by atoms with Crippen LogP contribution in [0.5, 0.6) is 0 Å². The van der Waals surface area contributed by atoms with Gasteiger partial charge in [-0.15, -0.1) is 0 Å². The van der Waals surface area contributed by atoms with Crippen molar-refractivity contribution >= 4 is 22.7 Å². The van der Waals surface area contributed by atoms with Crippen molar-refractivity contribution in [2.75, 3.05) is 0 Å². The summed E-state index contributed by atoms with van der Waals surface area (Å²) in [5.41, 5.74) is 2.09. The predicted octanol–water partition coefficient (Wildman–Crippen LogP) is 5.04. The van der Waals surface area contributed by atoms with Gasteiger partial charge in [0, 0.05) is 35.9 Å². The Kier molecular flexibility index (Phi) is 5.80. The van der Waals surface area contributed by atoms with Crippen molar-refractivity contribution in [2.45, 2.75) is 56.8 Å². The maximum Gasteiger partial charge on any atom is 0.272 e. The van der Waals surface area contributed by atoms with Crippen molar-refractivity contribution in [3.63, 3.8) is 0 Å². The second kappa shape index (κ2) is 9.26. The van der Waals surface area contributed by atoms with E-state index in [9.17, 15) is 9.59 Å². The molecule has 0 spiro atoms. The van der Waals surface area contributed by atoms with Crippen molar-refractivity contribution in [3.05, 3.63) is 102 Å². The van der Waals surface area contributed by atoms with E-state index in [0.717, 1.165) is 47.7 Å². The first-order valence-electron chi connectivity index (χ1n) is 12.8. The van der Waals surface area contributed by atoms with Crippen LogP contribution in [0.15, 0.2) is 85.2 Å². The lowest BCUT2D eigenvalue weighted by molar-refractivity contribution is -0.136. The fourth-order valence-electron chi connectivity index (χ4n) is 5.90. The Balaban J connectivity index is 1.54. The van der Waals surface area contributed by atoms with Gasteiger partial charge in [0.25, 0.3) is 11.8 Å². The zero-order valence-electron chi connectivity index (χ0n) is 20.3. The highest BCUT2D eigenvalue weighted by molar-refractivity contribution is 6.04. The topological polar surface area (TPSA) is 67.2 Å². The van der Waals surface area contributed by atoms with E-state index in [-0.39, 0.29) is 17.9 Å². The van der Waals surface area contributed by atoms with Gasteiger partial charge in [-0.2, -0.15) is 0 Å². The lowest BCUT2D eigenvalue weighted by Crippen LogP contribution is -2.64. The number of carbonyl (C=O) groups is 2. The first-order valence-corrected chi connectivity index (χ1v) is 12.8. The molecule has 1 atom stereocenters. The predicted molar refractivity (Wildman–Crippen MR) is 139 cm³/mol. The second-order valence-corrected chi connectivity index (χ2v) is 9.96. The van der Waals surface area contributed by atoms with Crippen LogP contribution in [-0.4, -0.2) is 32.3 Å². The van der Waals surface area contributed by atoms with Gasteiger partial charge in [0.2, 0.25) is 0 Å². The number of benzene rings is 2. The Hall–Kier alpha value is -3.93. The molecule has 2 amide bonds. The molecule has 1 aliphatic carbocycles. The Bertz CT molecular complexity index is 1390. The molecule has 6 heteroatoms. The molecule has 0 radical (unpaired) electrons. The van der Waals surface area contributed by atoms with E-state index in [1.807, 2.05) is 77.4 Å². The van der Waals surface area contributed by atoms with E-state index >= 15 is 0 Å². The molecule has 6 rings (SSSR count). The highest BCUT2D eigenvalue weighted by atomic mass is 16.2. The molecule has 3 heterocycles. The Morgan fingerprint density at radius 3 is 2.53 bits per heavy atom. The molecule has 1 saturated carbocycles. The van der Waals surface area contributed by atoms with Gasteiger partial charge in [-0.3, -0.25) is 14.6 Å². The Morgan fingerprint density at radius 1 is 0.972 bits per heavy atom. The van der Waals surface area contributed by atoms with E-state index in [4.69, 9.17) is 0 Å². The molecule has 182 valence electrons. The van der Waals surface area contributed by atoms with Crippen LogP contribution in [0.2, 0.25) is 0 Å². The summed E-state index contributed by atoms with van der Waals surface area (Å²) in [6, 6.07) is 23.7. The van der Waals surface area contributed by atoms with E-state index in [0.29, 0.717) is 18.8 Å². The quantitative estimate of drug-likeness (QED) is 0.437. The lowest BCUT2D eigenvalue weighted by atomic mass is 9.83. The van der Waals surface area contributed by atoms with Gasteiger partial charge in [0.15, 0.2) is 5.54 Å². The number of fused-ring (bicyclic) bond motifs is 3. The Morgan fingerprint density at radius 2 is 1.75 bits per heavy atom. The third-order valence-electron chi connectivity index (χ3n) is 7.75. The summed E-state index contributed by atoms with van der Waals surface area (Å²) in [4.78, 5) is 34.8. The largest absolute Gasteiger partial charge is 0.351 e. The van der Waals surface area contributed by atoms with Gasteiger partial charge in [-0.1, -0.05) is 73.9 Å². The van der Waals surface area contributed by atoms with Crippen molar-refractivity contribution < 1.29 is 9.59 Å². The van der Waals surface area contributed by atoms with E-state index in [2.05, 4.69) is 10.3 Å². The number of amides is 2. The molecule has 1 aliphatic heterocycles. The van der Waals surface area contributed by atoms with Gasteiger partial charge in [0.05, 0.1) is 6.54 Å². The number of hydrogen-bond donors (Lipinski definition) is 1. The summed E-state index contributed by atoms with van der Waals surface area (Å²) in [5.74, 6) is -0.259. The highest BCUT2D eigenvalue weighted by Crippen LogP contribution is 2.40. The van der Waals surface area contributed by atoms with Crippen LogP contribution in [-0.2, 0) is 23.4 Å². The molecular weight excluding hydrogens is 448 g/mol. The summed E-state index contributed by atoms with van der Waals surface area (Å²) < 4.78 is 2.03. The number of hydrogen-bond acceptors (Lipinski definition) is 3. The smallest absolute Gasteiger partial charge is 0.272 e. The zero-order chi connectivity index (χ0) is 24.5. The molecule has 36 heavy (non-hydrogen) atoms. The number of pyridine rings is 1. The normalized spacial score (nSPS) is 20.3. The molecule has 0 bridgehead atoms. The van der Waals surface area contributed by atoms with Crippen molar-refractivity contribution in [1.82, 2.24) is 19.8 Å². The number of carbonyl (C=O) groups excluding carboxylic acids is 2. The van der Waals surface area contributed by atoms with Gasteiger partial charge in [-0.25, -0.2) is 0 Å². The van der Waals surface area contributed by atoms with E-state index < -0.39 is 5.54 Å². The maximum absolute atomic E-state index is 14.5.